The minimum Gasteiger partial charge on any atom is -0.416 e. The number of aromatic nitrogens is 3. The van der Waals surface area contributed by atoms with Gasteiger partial charge < -0.3 is 13.9 Å². The summed E-state index contributed by atoms with van der Waals surface area (Å²) in [6.45, 7) is 3.03. The van der Waals surface area contributed by atoms with E-state index in [1.165, 1.54) is 0 Å². The summed E-state index contributed by atoms with van der Waals surface area (Å²) in [4.78, 5) is 4.27. The second-order valence-electron chi connectivity index (χ2n) is 4.58. The summed E-state index contributed by atoms with van der Waals surface area (Å²) in [7, 11) is 1.63. The summed E-state index contributed by atoms with van der Waals surface area (Å²) in [5, 5.41) is 8.17. The fourth-order valence-corrected chi connectivity index (χ4v) is 2.18. The Morgan fingerprint density at radius 3 is 2.95 bits per heavy atom. The quantitative estimate of drug-likeness (QED) is 0.837. The molecular formula is C13H15N3O3. The highest BCUT2D eigenvalue weighted by atomic mass is 16.6. The van der Waals surface area contributed by atoms with Crippen LogP contribution < -0.4 is 0 Å². The Bertz CT molecular complexity index is 576. The molecule has 0 saturated carbocycles. The lowest BCUT2D eigenvalue weighted by Crippen LogP contribution is -2.29. The van der Waals surface area contributed by atoms with Crippen LogP contribution in [0, 0.1) is 6.92 Å². The van der Waals surface area contributed by atoms with Gasteiger partial charge in [0.1, 0.15) is 5.69 Å². The largest absolute Gasteiger partial charge is 0.416 e. The summed E-state index contributed by atoms with van der Waals surface area (Å²) in [5.41, 5.74) is 1.08. The van der Waals surface area contributed by atoms with Gasteiger partial charge in [-0.2, -0.15) is 0 Å². The summed E-state index contributed by atoms with van der Waals surface area (Å²) in [5.74, 6) is 0.865. The van der Waals surface area contributed by atoms with Crippen LogP contribution in [-0.2, 0) is 15.1 Å². The van der Waals surface area contributed by atoms with E-state index in [4.69, 9.17) is 13.9 Å². The molecule has 6 heteroatoms. The zero-order valence-electron chi connectivity index (χ0n) is 10.9. The zero-order valence-corrected chi connectivity index (χ0v) is 10.9. The maximum Gasteiger partial charge on any atom is 0.266 e. The Hall–Kier alpha value is -1.79. The Kier molecular flexibility index (Phi) is 3.04. The molecule has 1 aliphatic heterocycles. The molecule has 2 aromatic heterocycles. The van der Waals surface area contributed by atoms with Gasteiger partial charge in [0.05, 0.1) is 13.2 Å². The van der Waals surface area contributed by atoms with E-state index in [0.29, 0.717) is 37.1 Å². The van der Waals surface area contributed by atoms with E-state index in [1.807, 2.05) is 19.1 Å². The predicted molar refractivity (Wildman–Crippen MR) is 66.4 cm³/mol. The van der Waals surface area contributed by atoms with E-state index in [-0.39, 0.29) is 0 Å². The van der Waals surface area contributed by atoms with E-state index < -0.39 is 5.60 Å². The number of ether oxygens (including phenoxy) is 2. The van der Waals surface area contributed by atoms with Gasteiger partial charge in [-0.25, -0.2) is 0 Å². The molecule has 1 fully saturated rings. The molecule has 3 heterocycles. The molecule has 19 heavy (non-hydrogen) atoms. The van der Waals surface area contributed by atoms with Gasteiger partial charge in [-0.15, -0.1) is 10.2 Å². The van der Waals surface area contributed by atoms with Crippen LogP contribution in [0.1, 0.15) is 17.9 Å². The van der Waals surface area contributed by atoms with Gasteiger partial charge in [0.2, 0.25) is 0 Å². The van der Waals surface area contributed by atoms with Crippen molar-refractivity contribution in [3.63, 3.8) is 0 Å². The molecular weight excluding hydrogens is 246 g/mol. The van der Waals surface area contributed by atoms with Crippen LogP contribution in [0.2, 0.25) is 0 Å². The smallest absolute Gasteiger partial charge is 0.266 e. The summed E-state index contributed by atoms with van der Waals surface area (Å²) < 4.78 is 16.6. The molecule has 0 aliphatic carbocycles. The minimum absolute atomic E-state index is 0.413. The lowest BCUT2D eigenvalue weighted by atomic mass is 10.0. The fourth-order valence-electron chi connectivity index (χ4n) is 2.18. The van der Waals surface area contributed by atoms with Crippen LogP contribution in [0.5, 0.6) is 0 Å². The number of aryl methyl sites for hydroxylation is 1. The van der Waals surface area contributed by atoms with Crippen LogP contribution in [-0.4, -0.2) is 35.5 Å². The van der Waals surface area contributed by atoms with Crippen LogP contribution in [0.25, 0.3) is 11.6 Å². The van der Waals surface area contributed by atoms with Gasteiger partial charge >= 0.3 is 0 Å². The molecule has 6 nitrogen and oxygen atoms in total. The van der Waals surface area contributed by atoms with E-state index in [9.17, 15) is 0 Å². The fraction of sp³-hybridized carbons (Fsp3) is 0.462. The van der Waals surface area contributed by atoms with E-state index in [0.717, 1.165) is 5.56 Å². The standard InChI is InChI=1S/C13H15N3O3/c1-9-4-3-6-14-10(9)11-15-16-12(19-11)13(17-2)5-7-18-8-13/h3-4,6H,5,7-8H2,1-2H3. The van der Waals surface area contributed by atoms with E-state index in [1.54, 1.807) is 13.3 Å². The Morgan fingerprint density at radius 1 is 1.37 bits per heavy atom. The molecule has 3 rings (SSSR count). The molecule has 2 aromatic rings. The van der Waals surface area contributed by atoms with Gasteiger partial charge in [-0.1, -0.05) is 6.07 Å². The van der Waals surface area contributed by atoms with Gasteiger partial charge in [-0.3, -0.25) is 4.98 Å². The van der Waals surface area contributed by atoms with Crippen LogP contribution in [0.3, 0.4) is 0 Å². The number of rotatable bonds is 3. The maximum atomic E-state index is 5.74. The Labute approximate surface area is 110 Å². The van der Waals surface area contributed by atoms with Crippen LogP contribution in [0.15, 0.2) is 22.7 Å². The molecule has 0 amide bonds. The molecule has 100 valence electrons. The van der Waals surface area contributed by atoms with Gasteiger partial charge in [0.25, 0.3) is 11.8 Å². The van der Waals surface area contributed by atoms with Crippen molar-refractivity contribution in [1.82, 2.24) is 15.2 Å². The molecule has 1 unspecified atom stereocenters. The van der Waals surface area contributed by atoms with Crippen molar-refractivity contribution in [3.05, 3.63) is 29.8 Å². The monoisotopic (exact) mass is 261 g/mol. The van der Waals surface area contributed by atoms with Crippen LogP contribution >= 0.6 is 0 Å². The third-order valence-electron chi connectivity index (χ3n) is 3.40. The van der Waals surface area contributed by atoms with E-state index in [2.05, 4.69) is 15.2 Å². The molecule has 0 bridgehead atoms. The van der Waals surface area contributed by atoms with E-state index >= 15 is 0 Å². The Balaban J connectivity index is 1.98. The van der Waals surface area contributed by atoms with Crippen molar-refractivity contribution >= 4 is 0 Å². The van der Waals surface area contributed by atoms with Crippen molar-refractivity contribution in [1.29, 1.82) is 0 Å². The number of nitrogens with zero attached hydrogens (tertiary/aromatic N) is 3. The molecule has 0 radical (unpaired) electrons. The highest BCUT2D eigenvalue weighted by Gasteiger charge is 2.42. The number of pyridine rings is 1. The van der Waals surface area contributed by atoms with Gasteiger partial charge in [0.15, 0.2) is 5.60 Å². The zero-order chi connectivity index (χ0) is 13.3. The first-order valence-electron chi connectivity index (χ1n) is 6.14. The molecule has 0 N–H and O–H groups in total. The molecule has 1 aliphatic rings. The second kappa shape index (κ2) is 4.71. The van der Waals surface area contributed by atoms with Crippen molar-refractivity contribution in [2.45, 2.75) is 18.9 Å². The van der Waals surface area contributed by atoms with Gasteiger partial charge in [-0.05, 0) is 18.6 Å². The maximum absolute atomic E-state index is 5.74. The lowest BCUT2D eigenvalue weighted by molar-refractivity contribution is -0.0407. The first-order valence-corrected chi connectivity index (χ1v) is 6.14. The first-order chi connectivity index (χ1) is 9.25. The topological polar surface area (TPSA) is 70.3 Å². The van der Waals surface area contributed by atoms with Gasteiger partial charge in [0, 0.05) is 19.7 Å². The highest BCUT2D eigenvalue weighted by molar-refractivity contribution is 5.51. The van der Waals surface area contributed by atoms with Crippen molar-refractivity contribution < 1.29 is 13.9 Å². The van der Waals surface area contributed by atoms with Crippen LogP contribution in [0.4, 0.5) is 0 Å². The number of hydrogen-bond acceptors (Lipinski definition) is 6. The molecule has 0 spiro atoms. The lowest BCUT2D eigenvalue weighted by Gasteiger charge is -2.20. The minimum atomic E-state index is -0.617. The number of hydrogen-bond donors (Lipinski definition) is 0. The average molecular weight is 261 g/mol. The SMILES string of the molecule is COC1(c2nnc(-c3ncccc3C)o2)CCOC1. The third kappa shape index (κ3) is 2.02. The summed E-state index contributed by atoms with van der Waals surface area (Å²) >= 11 is 0. The number of methoxy groups -OCH3 is 1. The average Bonchev–Trinajstić information content (AvgIpc) is 3.09. The molecule has 0 aromatic carbocycles. The molecule has 1 atom stereocenters. The Morgan fingerprint density at radius 2 is 2.26 bits per heavy atom. The third-order valence-corrected chi connectivity index (χ3v) is 3.40. The summed E-state index contributed by atoms with van der Waals surface area (Å²) in [6, 6.07) is 3.83. The highest BCUT2D eigenvalue weighted by Crippen LogP contribution is 2.34. The normalized spacial score (nSPS) is 22.8. The van der Waals surface area contributed by atoms with Crippen molar-refractivity contribution in [3.8, 4) is 11.6 Å². The van der Waals surface area contributed by atoms with Crippen molar-refractivity contribution in [2.75, 3.05) is 20.3 Å². The molecule has 1 saturated heterocycles. The van der Waals surface area contributed by atoms with Crippen molar-refractivity contribution in [2.24, 2.45) is 0 Å². The summed E-state index contributed by atoms with van der Waals surface area (Å²) in [6.07, 6.45) is 2.42. The predicted octanol–water partition coefficient (Wildman–Crippen LogP) is 1.70. The first kappa shape index (κ1) is 12.3. The second-order valence-corrected chi connectivity index (χ2v) is 4.58.